The quantitative estimate of drug-likeness (QED) is 0.524. The predicted octanol–water partition coefficient (Wildman–Crippen LogP) is 2.14. The maximum atomic E-state index is 12.2. The summed E-state index contributed by atoms with van der Waals surface area (Å²) in [4.78, 5) is 29.3. The molecule has 10 heteroatoms. The SMILES string of the molecule is CCOC(=O)C1=C(CSc2n[nH]c(-c3cccs3)n2)NC(=O)N[C@@H]1C. The van der Waals surface area contributed by atoms with E-state index in [-0.39, 0.29) is 12.6 Å². The fourth-order valence-corrected chi connectivity index (χ4v) is 3.80. The number of rotatable bonds is 6. The van der Waals surface area contributed by atoms with Crippen LogP contribution in [0.25, 0.3) is 10.7 Å². The number of aromatic nitrogens is 3. The van der Waals surface area contributed by atoms with Crippen LogP contribution in [-0.4, -0.2) is 45.6 Å². The number of H-pyrrole nitrogens is 1. The van der Waals surface area contributed by atoms with Crippen molar-refractivity contribution in [2.45, 2.75) is 25.0 Å². The van der Waals surface area contributed by atoms with Crippen LogP contribution in [0, 0.1) is 0 Å². The highest BCUT2D eigenvalue weighted by atomic mass is 32.2. The summed E-state index contributed by atoms with van der Waals surface area (Å²) >= 11 is 2.90. The smallest absolute Gasteiger partial charge is 0.337 e. The summed E-state index contributed by atoms with van der Waals surface area (Å²) in [7, 11) is 0. The highest BCUT2D eigenvalue weighted by Crippen LogP contribution is 2.25. The molecule has 0 spiro atoms. The Kier molecular flexibility index (Phi) is 5.39. The molecule has 2 aromatic heterocycles. The van der Waals surface area contributed by atoms with Crippen molar-refractivity contribution < 1.29 is 14.3 Å². The number of esters is 1. The molecule has 0 unspecified atom stereocenters. The number of aromatic amines is 1. The summed E-state index contributed by atoms with van der Waals surface area (Å²) in [6, 6.07) is 3.13. The molecule has 2 amide bonds. The van der Waals surface area contributed by atoms with Gasteiger partial charge in [-0.2, -0.15) is 0 Å². The van der Waals surface area contributed by atoms with E-state index in [1.807, 2.05) is 17.5 Å². The van der Waals surface area contributed by atoms with Gasteiger partial charge in [0.1, 0.15) is 0 Å². The van der Waals surface area contributed by atoms with Gasteiger partial charge in [0, 0.05) is 11.4 Å². The third kappa shape index (κ3) is 4.02. The number of ether oxygens (including phenoxy) is 1. The Labute approximate surface area is 152 Å². The van der Waals surface area contributed by atoms with Crippen LogP contribution in [0.15, 0.2) is 33.9 Å². The third-order valence-corrected chi connectivity index (χ3v) is 5.18. The van der Waals surface area contributed by atoms with Gasteiger partial charge in [-0.05, 0) is 25.3 Å². The summed E-state index contributed by atoms with van der Waals surface area (Å²) in [5, 5.41) is 14.9. The van der Waals surface area contributed by atoms with Crippen LogP contribution in [0.3, 0.4) is 0 Å². The van der Waals surface area contributed by atoms with Crippen LogP contribution in [0.5, 0.6) is 0 Å². The number of thiophene rings is 1. The van der Waals surface area contributed by atoms with Crippen molar-refractivity contribution in [2.24, 2.45) is 0 Å². The number of carbonyl (C=O) groups excluding carboxylic acids is 2. The molecule has 1 aliphatic heterocycles. The molecule has 25 heavy (non-hydrogen) atoms. The largest absolute Gasteiger partial charge is 0.463 e. The topological polar surface area (TPSA) is 109 Å². The van der Waals surface area contributed by atoms with Crippen molar-refractivity contribution in [1.82, 2.24) is 25.8 Å². The Hall–Kier alpha value is -2.33. The van der Waals surface area contributed by atoms with Crippen LogP contribution in [0.1, 0.15) is 13.8 Å². The summed E-state index contributed by atoms with van der Waals surface area (Å²) < 4.78 is 5.09. The molecule has 0 bridgehead atoms. The highest BCUT2D eigenvalue weighted by Gasteiger charge is 2.29. The lowest BCUT2D eigenvalue weighted by Gasteiger charge is -2.26. The van der Waals surface area contributed by atoms with Gasteiger partial charge in [-0.25, -0.2) is 14.6 Å². The van der Waals surface area contributed by atoms with Gasteiger partial charge in [-0.15, -0.1) is 16.4 Å². The van der Waals surface area contributed by atoms with Gasteiger partial charge < -0.3 is 15.4 Å². The van der Waals surface area contributed by atoms with Crippen molar-refractivity contribution >= 4 is 35.1 Å². The molecule has 0 fully saturated rings. The van der Waals surface area contributed by atoms with Gasteiger partial charge in [0.2, 0.25) is 5.16 Å². The Balaban J connectivity index is 1.75. The Morgan fingerprint density at radius 3 is 3.04 bits per heavy atom. The second-order valence-corrected chi connectivity index (χ2v) is 7.06. The van der Waals surface area contributed by atoms with Gasteiger partial charge in [0.05, 0.1) is 23.1 Å². The summed E-state index contributed by atoms with van der Waals surface area (Å²) in [6.45, 7) is 3.76. The van der Waals surface area contributed by atoms with E-state index in [9.17, 15) is 9.59 Å². The molecule has 3 N–H and O–H groups in total. The lowest BCUT2D eigenvalue weighted by Crippen LogP contribution is -2.49. The van der Waals surface area contributed by atoms with E-state index in [1.54, 1.807) is 25.2 Å². The Bertz CT molecular complexity index is 800. The van der Waals surface area contributed by atoms with Crippen molar-refractivity contribution in [1.29, 1.82) is 0 Å². The maximum Gasteiger partial charge on any atom is 0.337 e. The van der Waals surface area contributed by atoms with E-state index in [0.717, 1.165) is 4.88 Å². The van der Waals surface area contributed by atoms with Crippen molar-refractivity contribution in [3.8, 4) is 10.7 Å². The highest BCUT2D eigenvalue weighted by molar-refractivity contribution is 7.99. The lowest BCUT2D eigenvalue weighted by atomic mass is 10.1. The number of thioether (sulfide) groups is 1. The zero-order valence-corrected chi connectivity index (χ0v) is 15.3. The summed E-state index contributed by atoms with van der Waals surface area (Å²) in [6.07, 6.45) is 0. The average molecular weight is 379 g/mol. The van der Waals surface area contributed by atoms with Gasteiger partial charge in [0.15, 0.2) is 5.82 Å². The Morgan fingerprint density at radius 2 is 2.32 bits per heavy atom. The monoisotopic (exact) mass is 379 g/mol. The van der Waals surface area contributed by atoms with Gasteiger partial charge in [0.25, 0.3) is 0 Å². The zero-order chi connectivity index (χ0) is 17.8. The molecule has 0 radical (unpaired) electrons. The van der Waals surface area contributed by atoms with E-state index in [0.29, 0.717) is 28.0 Å². The normalized spacial score (nSPS) is 17.2. The van der Waals surface area contributed by atoms with E-state index >= 15 is 0 Å². The number of amides is 2. The first-order valence-electron chi connectivity index (χ1n) is 7.65. The van der Waals surface area contributed by atoms with Crippen molar-refractivity contribution in [3.63, 3.8) is 0 Å². The number of urea groups is 1. The van der Waals surface area contributed by atoms with Crippen LogP contribution < -0.4 is 10.6 Å². The van der Waals surface area contributed by atoms with Gasteiger partial charge >= 0.3 is 12.0 Å². The number of hydrogen-bond donors (Lipinski definition) is 3. The molecule has 0 saturated heterocycles. The van der Waals surface area contributed by atoms with Crippen LogP contribution in [0.2, 0.25) is 0 Å². The fraction of sp³-hybridized carbons (Fsp3) is 0.333. The molecule has 0 saturated carbocycles. The molecule has 3 heterocycles. The average Bonchev–Trinajstić information content (AvgIpc) is 3.23. The second-order valence-electron chi connectivity index (χ2n) is 5.17. The molecule has 1 atom stereocenters. The molecule has 132 valence electrons. The standard InChI is InChI=1S/C15H17N5O3S2/c1-3-23-13(21)11-8(2)16-14(22)17-9(11)7-25-15-18-12(19-20-15)10-5-4-6-24-10/h4-6,8H,3,7H2,1-2H3,(H2,16,17,22)(H,18,19,20)/t8-/m1/s1. The first-order valence-corrected chi connectivity index (χ1v) is 9.51. The zero-order valence-electron chi connectivity index (χ0n) is 13.7. The second kappa shape index (κ2) is 7.70. The van der Waals surface area contributed by atoms with E-state index < -0.39 is 12.0 Å². The first-order chi connectivity index (χ1) is 12.1. The predicted molar refractivity (Wildman–Crippen MR) is 95.2 cm³/mol. The summed E-state index contributed by atoms with van der Waals surface area (Å²) in [5.74, 6) is 0.611. The minimum Gasteiger partial charge on any atom is -0.463 e. The number of hydrogen-bond acceptors (Lipinski definition) is 7. The molecule has 2 aromatic rings. The van der Waals surface area contributed by atoms with Crippen molar-refractivity contribution in [3.05, 3.63) is 28.8 Å². The molecule has 8 nitrogen and oxygen atoms in total. The van der Waals surface area contributed by atoms with E-state index in [1.165, 1.54) is 11.8 Å². The molecular formula is C15H17N5O3S2. The van der Waals surface area contributed by atoms with Crippen LogP contribution in [0.4, 0.5) is 4.79 Å². The number of nitrogens with zero attached hydrogens (tertiary/aromatic N) is 2. The van der Waals surface area contributed by atoms with Crippen LogP contribution >= 0.6 is 23.1 Å². The van der Waals surface area contributed by atoms with E-state index in [4.69, 9.17) is 4.74 Å². The van der Waals surface area contributed by atoms with Gasteiger partial charge in [-0.3, -0.25) is 5.10 Å². The third-order valence-electron chi connectivity index (χ3n) is 3.43. The molecule has 3 rings (SSSR count). The van der Waals surface area contributed by atoms with Crippen molar-refractivity contribution in [2.75, 3.05) is 12.4 Å². The minimum absolute atomic E-state index is 0.272. The molecule has 0 aromatic carbocycles. The number of nitrogens with one attached hydrogen (secondary N) is 3. The number of carbonyl (C=O) groups is 2. The maximum absolute atomic E-state index is 12.2. The minimum atomic E-state index is -0.438. The van der Waals surface area contributed by atoms with E-state index in [2.05, 4.69) is 25.8 Å². The molecule has 1 aliphatic rings. The summed E-state index contributed by atoms with van der Waals surface area (Å²) in [5.41, 5.74) is 0.935. The van der Waals surface area contributed by atoms with Crippen LogP contribution in [-0.2, 0) is 9.53 Å². The molecule has 0 aliphatic carbocycles. The first kappa shape index (κ1) is 17.5. The Morgan fingerprint density at radius 1 is 1.48 bits per heavy atom. The van der Waals surface area contributed by atoms with Gasteiger partial charge in [-0.1, -0.05) is 17.8 Å². The lowest BCUT2D eigenvalue weighted by molar-refractivity contribution is -0.138. The fourth-order valence-electron chi connectivity index (χ4n) is 2.36. The molecular weight excluding hydrogens is 362 g/mol.